The van der Waals surface area contributed by atoms with Crippen LogP contribution in [0, 0.1) is 0 Å². The highest BCUT2D eigenvalue weighted by Crippen LogP contribution is 2.21. The topological polar surface area (TPSA) is 76.2 Å². The first-order valence-corrected chi connectivity index (χ1v) is 7.48. The molecule has 23 heavy (non-hydrogen) atoms. The first-order valence-electron chi connectivity index (χ1n) is 7.48. The van der Waals surface area contributed by atoms with Crippen molar-refractivity contribution in [2.45, 2.75) is 18.9 Å². The lowest BCUT2D eigenvalue weighted by Crippen LogP contribution is -2.62. The number of amides is 3. The normalized spacial score (nSPS) is 18.0. The number of hydrogen-bond acceptors (Lipinski definition) is 5. The Morgan fingerprint density at radius 3 is 2.52 bits per heavy atom. The zero-order valence-electron chi connectivity index (χ0n) is 12.9. The molecule has 0 radical (unpaired) electrons. The second-order valence-electron chi connectivity index (χ2n) is 5.62. The van der Waals surface area contributed by atoms with Crippen molar-refractivity contribution in [1.82, 2.24) is 9.80 Å². The van der Waals surface area contributed by atoms with Gasteiger partial charge in [0.05, 0.1) is 13.2 Å². The van der Waals surface area contributed by atoms with Crippen molar-refractivity contribution in [3.63, 3.8) is 0 Å². The number of likely N-dealkylation sites (tertiary alicyclic amines) is 1. The van der Waals surface area contributed by atoms with Gasteiger partial charge in [-0.25, -0.2) is 9.69 Å². The number of carbonyl (C=O) groups excluding carboxylic acids is 3. The van der Waals surface area contributed by atoms with Crippen LogP contribution < -0.4 is 4.74 Å². The molecular weight excluding hydrogens is 300 g/mol. The summed E-state index contributed by atoms with van der Waals surface area (Å²) in [6.07, 6.45) is 0.442. The van der Waals surface area contributed by atoms with Crippen molar-refractivity contribution < 1.29 is 23.9 Å². The van der Waals surface area contributed by atoms with E-state index in [0.29, 0.717) is 25.9 Å². The summed E-state index contributed by atoms with van der Waals surface area (Å²) in [4.78, 5) is 37.9. The molecule has 2 aliphatic rings. The molecule has 0 unspecified atom stereocenters. The van der Waals surface area contributed by atoms with Gasteiger partial charge in [-0.1, -0.05) is 12.1 Å². The molecule has 2 aliphatic heterocycles. The molecule has 2 fully saturated rings. The lowest BCUT2D eigenvalue weighted by molar-refractivity contribution is -0.142. The van der Waals surface area contributed by atoms with Gasteiger partial charge in [0.1, 0.15) is 5.75 Å². The number of methoxy groups -OCH3 is 1. The fourth-order valence-electron chi connectivity index (χ4n) is 2.74. The Balaban J connectivity index is 1.45. The summed E-state index contributed by atoms with van der Waals surface area (Å²) in [6.45, 7) is 0.589. The Labute approximate surface area is 133 Å². The van der Waals surface area contributed by atoms with Crippen LogP contribution in [-0.2, 0) is 20.7 Å². The molecule has 0 saturated carbocycles. The highest BCUT2D eigenvalue weighted by atomic mass is 16.6. The molecule has 0 aromatic heterocycles. The number of ether oxygens (including phenoxy) is 2. The van der Waals surface area contributed by atoms with Crippen LogP contribution in [0.1, 0.15) is 12.0 Å². The van der Waals surface area contributed by atoms with Gasteiger partial charge in [-0.15, -0.1) is 0 Å². The number of imide groups is 1. The molecule has 122 valence electrons. The summed E-state index contributed by atoms with van der Waals surface area (Å²) in [7, 11) is 1.61. The quantitative estimate of drug-likeness (QED) is 0.803. The van der Waals surface area contributed by atoms with E-state index in [-0.39, 0.29) is 24.5 Å². The smallest absolute Gasteiger partial charge is 0.417 e. The second kappa shape index (κ2) is 6.28. The second-order valence-corrected chi connectivity index (χ2v) is 5.62. The molecule has 3 amide bonds. The standard InChI is InChI=1S/C16H18N2O5/c1-22-13-5-2-11(3-6-13)4-7-14(19)17-8-12(9-17)18-15(20)10-23-16(18)21/h2-3,5-6,12H,4,7-10H2,1H3. The minimum absolute atomic E-state index is 0.0251. The van der Waals surface area contributed by atoms with Crippen LogP contribution in [0.25, 0.3) is 0 Å². The monoisotopic (exact) mass is 318 g/mol. The number of nitrogens with zero attached hydrogens (tertiary/aromatic N) is 2. The van der Waals surface area contributed by atoms with Crippen LogP contribution in [-0.4, -0.2) is 60.6 Å². The maximum absolute atomic E-state index is 12.1. The molecule has 1 aromatic carbocycles. The maximum atomic E-state index is 12.1. The number of carbonyl (C=O) groups is 3. The molecule has 1 aromatic rings. The molecule has 0 bridgehead atoms. The van der Waals surface area contributed by atoms with Crippen molar-refractivity contribution >= 4 is 17.9 Å². The maximum Gasteiger partial charge on any atom is 0.417 e. The molecule has 2 heterocycles. The SMILES string of the molecule is COc1ccc(CCC(=O)N2CC(N3C(=O)COC3=O)C2)cc1. The van der Waals surface area contributed by atoms with Crippen LogP contribution >= 0.6 is 0 Å². The van der Waals surface area contributed by atoms with Crippen LogP contribution in [0.2, 0.25) is 0 Å². The first-order chi connectivity index (χ1) is 11.1. The van der Waals surface area contributed by atoms with E-state index < -0.39 is 6.09 Å². The Bertz CT molecular complexity index is 606. The minimum atomic E-state index is -0.606. The first kappa shape index (κ1) is 15.3. The third-order valence-corrected chi connectivity index (χ3v) is 4.15. The third-order valence-electron chi connectivity index (χ3n) is 4.15. The van der Waals surface area contributed by atoms with E-state index in [1.807, 2.05) is 24.3 Å². The Morgan fingerprint density at radius 1 is 1.26 bits per heavy atom. The summed E-state index contributed by atoms with van der Waals surface area (Å²) in [5.41, 5.74) is 1.06. The van der Waals surface area contributed by atoms with E-state index in [0.717, 1.165) is 16.2 Å². The zero-order chi connectivity index (χ0) is 16.4. The predicted molar refractivity (Wildman–Crippen MR) is 79.9 cm³/mol. The lowest BCUT2D eigenvalue weighted by Gasteiger charge is -2.42. The summed E-state index contributed by atoms with van der Waals surface area (Å²) >= 11 is 0. The molecule has 0 aliphatic carbocycles. The average Bonchev–Trinajstić information content (AvgIpc) is 2.84. The van der Waals surface area contributed by atoms with Crippen LogP contribution in [0.15, 0.2) is 24.3 Å². The number of benzene rings is 1. The van der Waals surface area contributed by atoms with Gasteiger partial charge < -0.3 is 14.4 Å². The highest BCUT2D eigenvalue weighted by Gasteiger charge is 2.44. The third kappa shape index (κ3) is 3.13. The van der Waals surface area contributed by atoms with Crippen LogP contribution in [0.3, 0.4) is 0 Å². The van der Waals surface area contributed by atoms with Crippen LogP contribution in [0.4, 0.5) is 4.79 Å². The summed E-state index contributed by atoms with van der Waals surface area (Å²) in [5.74, 6) is 0.482. The summed E-state index contributed by atoms with van der Waals surface area (Å²) < 4.78 is 9.77. The van der Waals surface area contributed by atoms with E-state index in [9.17, 15) is 14.4 Å². The van der Waals surface area contributed by atoms with Gasteiger partial charge in [0.2, 0.25) is 5.91 Å². The van der Waals surface area contributed by atoms with Gasteiger partial charge in [0.25, 0.3) is 5.91 Å². The summed E-state index contributed by atoms with van der Waals surface area (Å²) in [5, 5.41) is 0. The number of rotatable bonds is 5. The van der Waals surface area contributed by atoms with E-state index in [1.165, 1.54) is 0 Å². The Hall–Kier alpha value is -2.57. The molecule has 0 N–H and O–H groups in total. The van der Waals surface area contributed by atoms with Gasteiger partial charge in [0, 0.05) is 19.5 Å². The van der Waals surface area contributed by atoms with E-state index >= 15 is 0 Å². The number of hydrogen-bond donors (Lipinski definition) is 0. The molecular formula is C16H18N2O5. The fourth-order valence-corrected chi connectivity index (χ4v) is 2.74. The van der Waals surface area contributed by atoms with Crippen molar-refractivity contribution in [2.75, 3.05) is 26.8 Å². The summed E-state index contributed by atoms with van der Waals surface area (Å²) in [6, 6.07) is 7.35. The van der Waals surface area contributed by atoms with Gasteiger partial charge in [0.15, 0.2) is 6.61 Å². The molecule has 2 saturated heterocycles. The highest BCUT2D eigenvalue weighted by molar-refractivity contribution is 5.98. The van der Waals surface area contributed by atoms with Crippen molar-refractivity contribution in [3.8, 4) is 5.75 Å². The lowest BCUT2D eigenvalue weighted by atomic mass is 10.0. The molecule has 7 heteroatoms. The molecule has 0 atom stereocenters. The minimum Gasteiger partial charge on any atom is -0.497 e. The van der Waals surface area contributed by atoms with Crippen molar-refractivity contribution in [3.05, 3.63) is 29.8 Å². The largest absolute Gasteiger partial charge is 0.497 e. The zero-order valence-corrected chi connectivity index (χ0v) is 12.9. The van der Waals surface area contributed by atoms with Crippen molar-refractivity contribution in [2.24, 2.45) is 0 Å². The van der Waals surface area contributed by atoms with E-state index in [4.69, 9.17) is 4.74 Å². The van der Waals surface area contributed by atoms with Gasteiger partial charge >= 0.3 is 6.09 Å². The van der Waals surface area contributed by atoms with Crippen molar-refractivity contribution in [1.29, 1.82) is 0 Å². The number of aryl methyl sites for hydroxylation is 1. The van der Waals surface area contributed by atoms with E-state index in [2.05, 4.69) is 4.74 Å². The average molecular weight is 318 g/mol. The molecule has 3 rings (SSSR count). The van der Waals surface area contributed by atoms with Crippen LogP contribution in [0.5, 0.6) is 5.75 Å². The van der Waals surface area contributed by atoms with E-state index in [1.54, 1.807) is 12.0 Å². The predicted octanol–water partition coefficient (Wildman–Crippen LogP) is 0.817. The van der Waals surface area contributed by atoms with Gasteiger partial charge in [-0.3, -0.25) is 9.59 Å². The molecule has 0 spiro atoms. The number of cyclic esters (lactones) is 1. The van der Waals surface area contributed by atoms with Gasteiger partial charge in [-0.2, -0.15) is 0 Å². The van der Waals surface area contributed by atoms with Gasteiger partial charge in [-0.05, 0) is 24.1 Å². The Kier molecular flexibility index (Phi) is 4.18. The fraction of sp³-hybridized carbons (Fsp3) is 0.438. The Morgan fingerprint density at radius 2 is 1.96 bits per heavy atom. The molecule has 7 nitrogen and oxygen atoms in total.